The van der Waals surface area contributed by atoms with E-state index in [1.54, 1.807) is 0 Å². The normalized spacial score (nSPS) is 16.1. The minimum absolute atomic E-state index is 0.0868. The highest BCUT2D eigenvalue weighted by Crippen LogP contribution is 2.51. The van der Waals surface area contributed by atoms with Gasteiger partial charge in [0.05, 0.1) is 0 Å². The van der Waals surface area contributed by atoms with E-state index in [1.807, 2.05) is 0 Å². The van der Waals surface area contributed by atoms with Gasteiger partial charge in [0.2, 0.25) is 0 Å². The molecule has 4 N–H and O–H groups in total. The molecule has 1 aromatic carbocycles. The van der Waals surface area contributed by atoms with Crippen molar-refractivity contribution in [3.8, 4) is 0 Å². The number of benzene rings is 1. The summed E-state index contributed by atoms with van der Waals surface area (Å²) in [5.74, 6) is 0. The van der Waals surface area contributed by atoms with Gasteiger partial charge < -0.3 is 20.4 Å². The Kier molecular flexibility index (Phi) is 13.0. The molecule has 1 rings (SSSR count). The van der Waals surface area contributed by atoms with Crippen LogP contribution in [0.1, 0.15) is 68.9 Å². The maximum absolute atomic E-state index is 9.39. The Bertz CT molecular complexity index is 534. The van der Waals surface area contributed by atoms with Crippen molar-refractivity contribution in [2.75, 3.05) is 26.4 Å². The first-order chi connectivity index (χ1) is 13.3. The highest BCUT2D eigenvalue weighted by molar-refractivity contribution is 7.81. The molecule has 0 spiro atoms. The lowest BCUT2D eigenvalue weighted by Gasteiger charge is -2.30. The molecule has 0 aromatic heterocycles. The molecule has 28 heavy (non-hydrogen) atoms. The summed E-state index contributed by atoms with van der Waals surface area (Å²) in [5.41, 5.74) is 2.55. The summed E-state index contributed by atoms with van der Waals surface area (Å²) in [5, 5.41) is 36.7. The third-order valence-corrected chi connectivity index (χ3v) is 7.35. The van der Waals surface area contributed by atoms with Crippen molar-refractivity contribution >= 4 is 73.7 Å². The number of thiol groups is 4. The van der Waals surface area contributed by atoms with E-state index in [2.05, 4.69) is 50.5 Å². The summed E-state index contributed by atoms with van der Waals surface area (Å²) < 4.78 is 0. The van der Waals surface area contributed by atoms with Crippen molar-refractivity contribution in [1.29, 1.82) is 0 Å². The zero-order valence-electron chi connectivity index (χ0n) is 15.3. The molecule has 4 atom stereocenters. The molecule has 4 nitrogen and oxygen atoms in total. The lowest BCUT2D eigenvalue weighted by Crippen LogP contribution is -2.13. The Morgan fingerprint density at radius 1 is 0.500 bits per heavy atom. The van der Waals surface area contributed by atoms with Crippen LogP contribution in [-0.2, 0) is 0 Å². The van der Waals surface area contributed by atoms with E-state index < -0.39 is 21.0 Å². The molecule has 162 valence electrons. The van der Waals surface area contributed by atoms with Crippen LogP contribution in [0.5, 0.6) is 0 Å². The van der Waals surface area contributed by atoms with Crippen LogP contribution < -0.4 is 0 Å². The van der Waals surface area contributed by atoms with Gasteiger partial charge in [0.1, 0.15) is 0 Å². The van der Waals surface area contributed by atoms with Gasteiger partial charge in [0.25, 0.3) is 0 Å². The van der Waals surface area contributed by atoms with E-state index in [-0.39, 0.29) is 26.4 Å². The summed E-state index contributed by atoms with van der Waals surface area (Å²) in [6.07, 6.45) is 1.40. The Morgan fingerprint density at radius 3 is 0.821 bits per heavy atom. The first-order valence-corrected chi connectivity index (χ1v) is 11.8. The maximum Gasteiger partial charge on any atom is 0.0499 e. The molecule has 0 radical (unpaired) electrons. The second-order valence-corrected chi connectivity index (χ2v) is 9.64. The molecular weight excluding hydrogens is 479 g/mol. The van der Waals surface area contributed by atoms with Crippen LogP contribution in [0.2, 0.25) is 10.0 Å². The lowest BCUT2D eigenvalue weighted by atomic mass is 9.88. The van der Waals surface area contributed by atoms with Crippen molar-refractivity contribution in [3.05, 3.63) is 32.3 Å². The van der Waals surface area contributed by atoms with Crippen molar-refractivity contribution in [2.45, 2.75) is 46.7 Å². The number of rotatable bonds is 12. The fraction of sp³-hybridized carbons (Fsp3) is 0.667. The first-order valence-electron chi connectivity index (χ1n) is 8.96. The molecule has 4 unspecified atom stereocenters. The summed E-state index contributed by atoms with van der Waals surface area (Å²) >= 11 is 32.1. The molecule has 0 bridgehead atoms. The lowest BCUT2D eigenvalue weighted by molar-refractivity contribution is 0.284. The molecule has 0 saturated heterocycles. The largest absolute Gasteiger partial charge is 0.396 e. The van der Waals surface area contributed by atoms with E-state index in [9.17, 15) is 20.4 Å². The zero-order chi connectivity index (χ0) is 21.4. The average molecular weight is 508 g/mol. The van der Waals surface area contributed by atoms with Crippen LogP contribution in [-0.4, -0.2) is 46.9 Å². The van der Waals surface area contributed by atoms with Crippen LogP contribution in [0, 0.1) is 0 Å². The molecule has 0 aliphatic heterocycles. The molecule has 0 fully saturated rings. The third-order valence-electron chi connectivity index (χ3n) is 4.47. The summed E-state index contributed by atoms with van der Waals surface area (Å²) in [6.45, 7) is -0.347. The van der Waals surface area contributed by atoms with Crippen LogP contribution in [0.4, 0.5) is 0 Å². The van der Waals surface area contributed by atoms with Gasteiger partial charge in [-0.1, -0.05) is 23.2 Å². The van der Waals surface area contributed by atoms with Crippen LogP contribution in [0.3, 0.4) is 0 Å². The predicted octanol–water partition coefficient (Wildman–Crippen LogP) is 4.41. The van der Waals surface area contributed by atoms with Crippen molar-refractivity contribution in [1.82, 2.24) is 0 Å². The number of hydrogen-bond donors (Lipinski definition) is 8. The van der Waals surface area contributed by atoms with Crippen molar-refractivity contribution < 1.29 is 20.4 Å². The molecule has 10 heteroatoms. The fourth-order valence-corrected chi connectivity index (χ4v) is 5.91. The zero-order valence-corrected chi connectivity index (χ0v) is 20.4. The average Bonchev–Trinajstić information content (AvgIpc) is 2.62. The molecule has 0 aliphatic rings. The molecule has 0 amide bonds. The SMILES string of the molecule is OCCC(S)c1c(Cl)c(C(S)CCO)c(C(S)CCO)c(Cl)c1C(S)CCO. The van der Waals surface area contributed by atoms with Gasteiger partial charge in [-0.2, -0.15) is 50.5 Å². The van der Waals surface area contributed by atoms with Gasteiger partial charge in [-0.15, -0.1) is 0 Å². The molecule has 0 heterocycles. The third kappa shape index (κ3) is 6.52. The van der Waals surface area contributed by atoms with E-state index in [0.29, 0.717) is 58.0 Å². The Balaban J connectivity index is 3.87. The highest BCUT2D eigenvalue weighted by atomic mass is 35.5. The van der Waals surface area contributed by atoms with E-state index >= 15 is 0 Å². The quantitative estimate of drug-likeness (QED) is 0.202. The second kappa shape index (κ2) is 13.5. The first kappa shape index (κ1) is 27.1. The summed E-state index contributed by atoms with van der Waals surface area (Å²) in [4.78, 5) is 0. The Hall–Kier alpha value is 1.04. The van der Waals surface area contributed by atoms with Crippen LogP contribution >= 0.6 is 73.7 Å². The predicted molar refractivity (Wildman–Crippen MR) is 130 cm³/mol. The number of halogens is 2. The standard InChI is InChI=1S/C18H28Cl2O4S4/c19-17-13(9(25)1-5-21)14(10(26)2-6-22)18(20)16(12(28)4-8-24)15(17)11(27)3-7-23/h9-12,21-28H,1-8H2. The van der Waals surface area contributed by atoms with E-state index in [0.717, 1.165) is 0 Å². The van der Waals surface area contributed by atoms with Gasteiger partial charge in [0.15, 0.2) is 0 Å². The molecular formula is C18H28Cl2O4S4. The minimum atomic E-state index is -0.406. The Morgan fingerprint density at radius 2 is 0.679 bits per heavy atom. The number of aliphatic hydroxyl groups is 4. The number of hydrogen-bond acceptors (Lipinski definition) is 8. The Labute approximate surface area is 198 Å². The van der Waals surface area contributed by atoms with Gasteiger partial charge >= 0.3 is 0 Å². The fourth-order valence-electron chi connectivity index (χ4n) is 3.13. The van der Waals surface area contributed by atoms with E-state index in [1.165, 1.54) is 0 Å². The monoisotopic (exact) mass is 506 g/mol. The molecule has 0 saturated carbocycles. The van der Waals surface area contributed by atoms with Crippen molar-refractivity contribution in [3.63, 3.8) is 0 Å². The molecule has 0 aliphatic carbocycles. The smallest absolute Gasteiger partial charge is 0.0499 e. The highest BCUT2D eigenvalue weighted by Gasteiger charge is 2.32. The minimum Gasteiger partial charge on any atom is -0.396 e. The van der Waals surface area contributed by atoms with Gasteiger partial charge in [0, 0.05) is 57.5 Å². The van der Waals surface area contributed by atoms with E-state index in [4.69, 9.17) is 23.2 Å². The van der Waals surface area contributed by atoms with Gasteiger partial charge in [-0.3, -0.25) is 0 Å². The topological polar surface area (TPSA) is 80.9 Å². The summed E-state index contributed by atoms with van der Waals surface area (Å²) in [7, 11) is 0. The van der Waals surface area contributed by atoms with Gasteiger partial charge in [-0.25, -0.2) is 0 Å². The van der Waals surface area contributed by atoms with Gasteiger partial charge in [-0.05, 0) is 47.9 Å². The summed E-state index contributed by atoms with van der Waals surface area (Å²) in [6, 6.07) is 0. The van der Waals surface area contributed by atoms with Crippen LogP contribution in [0.15, 0.2) is 0 Å². The van der Waals surface area contributed by atoms with Crippen LogP contribution in [0.25, 0.3) is 0 Å². The van der Waals surface area contributed by atoms with Crippen molar-refractivity contribution in [2.24, 2.45) is 0 Å². The molecule has 1 aromatic rings. The second-order valence-electron chi connectivity index (χ2n) is 6.39. The maximum atomic E-state index is 9.39. The number of aliphatic hydroxyl groups excluding tert-OH is 4.